The Morgan fingerprint density at radius 2 is 2.05 bits per heavy atom. The second-order valence-electron chi connectivity index (χ2n) is 5.50. The van der Waals surface area contributed by atoms with Gasteiger partial charge in [-0.1, -0.05) is 18.2 Å². The zero-order valence-electron chi connectivity index (χ0n) is 12.0. The Morgan fingerprint density at radius 1 is 1.33 bits per heavy atom. The van der Waals surface area contributed by atoms with Crippen LogP contribution in [0.4, 0.5) is 13.2 Å². The predicted molar refractivity (Wildman–Crippen MR) is 71.8 cm³/mol. The smallest absolute Gasteiger partial charge is 0.416 e. The first-order chi connectivity index (χ1) is 9.81. The molecule has 0 aliphatic carbocycles. The van der Waals surface area contributed by atoms with Gasteiger partial charge in [-0.25, -0.2) is 0 Å². The number of alkyl halides is 3. The molecule has 0 N–H and O–H groups in total. The molecule has 21 heavy (non-hydrogen) atoms. The van der Waals surface area contributed by atoms with Gasteiger partial charge in [-0.2, -0.15) is 13.2 Å². The number of nitrogens with zero attached hydrogens (tertiary/aromatic N) is 1. The van der Waals surface area contributed by atoms with Gasteiger partial charge in [-0.05, 0) is 31.0 Å². The Balaban J connectivity index is 2.22. The van der Waals surface area contributed by atoms with Crippen molar-refractivity contribution in [2.24, 2.45) is 5.92 Å². The minimum Gasteiger partial charge on any atom is -0.469 e. The Bertz CT molecular complexity index is 516. The van der Waals surface area contributed by atoms with Crippen LogP contribution in [0.1, 0.15) is 23.5 Å². The highest BCUT2D eigenvalue weighted by Gasteiger charge is 2.34. The highest BCUT2D eigenvalue weighted by molar-refractivity contribution is 5.72. The van der Waals surface area contributed by atoms with Crippen molar-refractivity contribution in [3.63, 3.8) is 0 Å². The fourth-order valence-electron chi connectivity index (χ4n) is 2.87. The number of esters is 1. The van der Waals surface area contributed by atoms with Gasteiger partial charge in [0.05, 0.1) is 18.6 Å². The van der Waals surface area contributed by atoms with Crippen LogP contribution in [0.2, 0.25) is 0 Å². The summed E-state index contributed by atoms with van der Waals surface area (Å²) in [5.74, 6) is -0.707. The molecule has 116 valence electrons. The average Bonchev–Trinajstić information content (AvgIpc) is 2.45. The van der Waals surface area contributed by atoms with E-state index in [9.17, 15) is 18.0 Å². The number of halogens is 3. The number of likely N-dealkylation sites (N-methyl/N-ethyl adjacent to an activating group) is 1. The van der Waals surface area contributed by atoms with Crippen molar-refractivity contribution in [2.45, 2.75) is 18.5 Å². The zero-order valence-corrected chi connectivity index (χ0v) is 12.0. The predicted octanol–water partition coefficient (Wildman–Crippen LogP) is 2.91. The molecule has 6 heteroatoms. The maximum atomic E-state index is 12.8. The molecule has 1 aromatic rings. The van der Waals surface area contributed by atoms with Gasteiger partial charge in [0.25, 0.3) is 0 Å². The Hall–Kier alpha value is -1.56. The van der Waals surface area contributed by atoms with Crippen LogP contribution in [0.15, 0.2) is 24.3 Å². The van der Waals surface area contributed by atoms with Crippen molar-refractivity contribution in [1.29, 1.82) is 0 Å². The first-order valence-electron chi connectivity index (χ1n) is 6.74. The molecule has 0 aromatic heterocycles. The number of carbonyl (C=O) groups excluding carboxylic acids is 1. The first-order valence-corrected chi connectivity index (χ1v) is 6.74. The number of rotatable bonds is 2. The van der Waals surface area contributed by atoms with Crippen molar-refractivity contribution in [1.82, 2.24) is 4.90 Å². The lowest BCUT2D eigenvalue weighted by atomic mass is 9.84. The van der Waals surface area contributed by atoms with Crippen molar-refractivity contribution < 1.29 is 22.7 Å². The van der Waals surface area contributed by atoms with Crippen LogP contribution in [-0.4, -0.2) is 38.1 Å². The fourth-order valence-corrected chi connectivity index (χ4v) is 2.87. The van der Waals surface area contributed by atoms with Gasteiger partial charge in [0.15, 0.2) is 0 Å². The summed E-state index contributed by atoms with van der Waals surface area (Å²) >= 11 is 0. The molecule has 1 fully saturated rings. The summed E-state index contributed by atoms with van der Waals surface area (Å²) in [4.78, 5) is 13.6. The Kier molecular flexibility index (Phi) is 4.56. The molecule has 0 saturated carbocycles. The van der Waals surface area contributed by atoms with Gasteiger partial charge in [0, 0.05) is 13.1 Å². The molecule has 2 rings (SSSR count). The van der Waals surface area contributed by atoms with Crippen LogP contribution in [-0.2, 0) is 15.7 Å². The minimum atomic E-state index is -4.35. The lowest BCUT2D eigenvalue weighted by Gasteiger charge is -2.34. The standard InChI is InChI=1S/C15H18F3NO2/c1-19-8-11(6-12(9-19)14(20)21-2)10-4-3-5-13(7-10)15(16,17)18/h3-5,7,11-12H,6,8-9H2,1-2H3. The van der Waals surface area contributed by atoms with E-state index in [1.807, 2.05) is 11.9 Å². The second-order valence-corrected chi connectivity index (χ2v) is 5.50. The molecule has 0 bridgehead atoms. The van der Waals surface area contributed by atoms with E-state index in [4.69, 9.17) is 4.74 Å². The summed E-state index contributed by atoms with van der Waals surface area (Å²) in [5.41, 5.74) is -0.0341. The molecule has 0 radical (unpaired) electrons. The molecule has 1 saturated heterocycles. The van der Waals surface area contributed by atoms with Crippen LogP contribution in [0.25, 0.3) is 0 Å². The molecule has 0 amide bonds. The third-order valence-electron chi connectivity index (χ3n) is 3.85. The van der Waals surface area contributed by atoms with Crippen LogP contribution >= 0.6 is 0 Å². The van der Waals surface area contributed by atoms with E-state index in [0.29, 0.717) is 25.1 Å². The summed E-state index contributed by atoms with van der Waals surface area (Å²) in [6.45, 7) is 1.21. The van der Waals surface area contributed by atoms with Crippen LogP contribution in [0.5, 0.6) is 0 Å². The SMILES string of the molecule is COC(=O)C1CC(c2cccc(C(F)(F)F)c2)CN(C)C1. The van der Waals surface area contributed by atoms with Gasteiger partial charge < -0.3 is 9.64 Å². The summed E-state index contributed by atoms with van der Waals surface area (Å²) in [6.07, 6.45) is -3.84. The average molecular weight is 301 g/mol. The summed E-state index contributed by atoms with van der Waals surface area (Å²) in [6, 6.07) is 5.35. The molecule has 1 aromatic carbocycles. The topological polar surface area (TPSA) is 29.5 Å². The number of likely N-dealkylation sites (tertiary alicyclic amines) is 1. The highest BCUT2D eigenvalue weighted by Crippen LogP contribution is 2.34. The molecule has 2 unspecified atom stereocenters. The van der Waals surface area contributed by atoms with Gasteiger partial charge in [0.1, 0.15) is 0 Å². The van der Waals surface area contributed by atoms with Crippen LogP contribution in [0, 0.1) is 5.92 Å². The number of benzene rings is 1. The Labute approximate surface area is 121 Å². The van der Waals surface area contributed by atoms with Crippen LogP contribution < -0.4 is 0 Å². The number of hydrogen-bond acceptors (Lipinski definition) is 3. The maximum Gasteiger partial charge on any atom is 0.416 e. The quantitative estimate of drug-likeness (QED) is 0.787. The molecule has 0 spiro atoms. The molecule has 1 aliphatic rings. The third-order valence-corrected chi connectivity index (χ3v) is 3.85. The highest BCUT2D eigenvalue weighted by atomic mass is 19.4. The number of carbonyl (C=O) groups is 1. The fraction of sp³-hybridized carbons (Fsp3) is 0.533. The van der Waals surface area contributed by atoms with E-state index in [-0.39, 0.29) is 17.8 Å². The van der Waals surface area contributed by atoms with Crippen molar-refractivity contribution in [3.8, 4) is 0 Å². The van der Waals surface area contributed by atoms with E-state index in [1.165, 1.54) is 19.2 Å². The monoisotopic (exact) mass is 301 g/mol. The largest absolute Gasteiger partial charge is 0.469 e. The molecule has 1 heterocycles. The summed E-state index contributed by atoms with van der Waals surface area (Å²) in [7, 11) is 3.19. The van der Waals surface area contributed by atoms with Crippen molar-refractivity contribution >= 4 is 5.97 Å². The molecule has 3 nitrogen and oxygen atoms in total. The van der Waals surface area contributed by atoms with Crippen molar-refractivity contribution in [2.75, 3.05) is 27.2 Å². The van der Waals surface area contributed by atoms with Gasteiger partial charge in [-0.15, -0.1) is 0 Å². The molecule has 2 atom stereocenters. The number of ether oxygens (including phenoxy) is 1. The lowest BCUT2D eigenvalue weighted by molar-refractivity contribution is -0.147. The maximum absolute atomic E-state index is 12.8. The van der Waals surface area contributed by atoms with E-state index >= 15 is 0 Å². The zero-order chi connectivity index (χ0) is 15.6. The molecular formula is C15H18F3NO2. The van der Waals surface area contributed by atoms with E-state index < -0.39 is 11.7 Å². The normalized spacial score (nSPS) is 23.9. The van der Waals surface area contributed by atoms with Gasteiger partial charge >= 0.3 is 12.1 Å². The van der Waals surface area contributed by atoms with Crippen LogP contribution in [0.3, 0.4) is 0 Å². The second kappa shape index (κ2) is 6.05. The van der Waals surface area contributed by atoms with E-state index in [0.717, 1.165) is 6.07 Å². The summed E-state index contributed by atoms with van der Waals surface area (Å²) in [5, 5.41) is 0. The molecular weight excluding hydrogens is 283 g/mol. The Morgan fingerprint density at radius 3 is 2.67 bits per heavy atom. The number of methoxy groups -OCH3 is 1. The van der Waals surface area contributed by atoms with Crippen molar-refractivity contribution in [3.05, 3.63) is 35.4 Å². The van der Waals surface area contributed by atoms with Gasteiger partial charge in [-0.3, -0.25) is 4.79 Å². The third kappa shape index (κ3) is 3.75. The van der Waals surface area contributed by atoms with E-state index in [1.54, 1.807) is 6.07 Å². The molecule has 1 aliphatic heterocycles. The first kappa shape index (κ1) is 15.8. The summed E-state index contributed by atoms with van der Waals surface area (Å²) < 4.78 is 43.1. The number of piperidine rings is 1. The van der Waals surface area contributed by atoms with Gasteiger partial charge in [0.2, 0.25) is 0 Å². The lowest BCUT2D eigenvalue weighted by Crippen LogP contribution is -2.40. The number of hydrogen-bond donors (Lipinski definition) is 0. The minimum absolute atomic E-state index is 0.102. The van der Waals surface area contributed by atoms with E-state index in [2.05, 4.69) is 0 Å².